The summed E-state index contributed by atoms with van der Waals surface area (Å²) in [6, 6.07) is 8.74. The fourth-order valence-corrected chi connectivity index (χ4v) is 5.51. The quantitative estimate of drug-likeness (QED) is 0.0759. The number of ether oxygens (including phenoxy) is 1. The van der Waals surface area contributed by atoms with Crippen LogP contribution in [0.15, 0.2) is 42.5 Å². The molecule has 3 amide bonds. The minimum atomic E-state index is -1.74. The molecule has 244 valence electrons. The van der Waals surface area contributed by atoms with Gasteiger partial charge in [-0.2, -0.15) is 0 Å². The van der Waals surface area contributed by atoms with E-state index in [0.717, 1.165) is 19.3 Å². The molecule has 1 heterocycles. The number of Topliss-reactive ketones (excluding diaryl/α,β-unsaturated/α-hetero) is 1. The Kier molecular flexibility index (Phi) is 13.8. The SMILES string of the molecule is CCCCCCCCCCCCCCOC(=O)c1ccc(Cl)c(NC(=O)C(C(=O)C(C)(C)C)N2C(=O)c3ccccc3C2=O)c1. The van der Waals surface area contributed by atoms with Crippen LogP contribution in [0.3, 0.4) is 0 Å². The van der Waals surface area contributed by atoms with Crippen LogP contribution in [-0.4, -0.2) is 47.0 Å². The second kappa shape index (κ2) is 17.2. The maximum Gasteiger partial charge on any atom is 0.338 e. The maximum absolute atomic E-state index is 13.6. The lowest BCUT2D eigenvalue weighted by molar-refractivity contribution is -0.136. The molecule has 1 aliphatic heterocycles. The predicted molar refractivity (Wildman–Crippen MR) is 177 cm³/mol. The Morgan fingerprint density at radius 2 is 1.31 bits per heavy atom. The van der Waals surface area contributed by atoms with Crippen molar-refractivity contribution in [1.29, 1.82) is 0 Å². The van der Waals surface area contributed by atoms with Gasteiger partial charge in [-0.3, -0.25) is 24.1 Å². The number of fused-ring (bicyclic) bond motifs is 1. The lowest BCUT2D eigenvalue weighted by Crippen LogP contribution is -2.54. The number of nitrogens with zero attached hydrogens (tertiary/aromatic N) is 1. The summed E-state index contributed by atoms with van der Waals surface area (Å²) >= 11 is 6.35. The first kappa shape index (κ1) is 36.0. The van der Waals surface area contributed by atoms with Gasteiger partial charge in [-0.25, -0.2) is 4.79 Å². The molecular formula is C36H47ClN2O6. The second-order valence-corrected chi connectivity index (χ2v) is 13.2. The van der Waals surface area contributed by atoms with Crippen LogP contribution in [-0.2, 0) is 14.3 Å². The van der Waals surface area contributed by atoms with E-state index in [1.807, 2.05) is 0 Å². The molecule has 0 radical (unpaired) electrons. The highest BCUT2D eigenvalue weighted by Crippen LogP contribution is 2.30. The van der Waals surface area contributed by atoms with Gasteiger partial charge >= 0.3 is 5.97 Å². The normalized spacial score (nSPS) is 13.5. The Hall–Kier alpha value is -3.52. The van der Waals surface area contributed by atoms with Gasteiger partial charge < -0.3 is 10.1 Å². The lowest BCUT2D eigenvalue weighted by atomic mass is 9.85. The third-order valence-electron chi connectivity index (χ3n) is 8.01. The van der Waals surface area contributed by atoms with E-state index in [4.69, 9.17) is 16.3 Å². The van der Waals surface area contributed by atoms with Gasteiger partial charge in [0.25, 0.3) is 17.7 Å². The van der Waals surface area contributed by atoms with E-state index in [1.165, 1.54) is 88.1 Å². The van der Waals surface area contributed by atoms with Gasteiger partial charge in [0.1, 0.15) is 0 Å². The largest absolute Gasteiger partial charge is 0.462 e. The molecule has 0 fully saturated rings. The van der Waals surface area contributed by atoms with Crippen molar-refractivity contribution in [3.63, 3.8) is 0 Å². The van der Waals surface area contributed by atoms with Crippen LogP contribution >= 0.6 is 11.6 Å². The van der Waals surface area contributed by atoms with Gasteiger partial charge in [0.2, 0.25) is 0 Å². The minimum Gasteiger partial charge on any atom is -0.462 e. The Bertz CT molecular complexity index is 1330. The summed E-state index contributed by atoms with van der Waals surface area (Å²) in [4.78, 5) is 67.0. The van der Waals surface area contributed by atoms with Gasteiger partial charge in [0.15, 0.2) is 11.8 Å². The summed E-state index contributed by atoms with van der Waals surface area (Å²) in [6.07, 6.45) is 14.5. The first-order valence-corrected chi connectivity index (χ1v) is 16.6. The average Bonchev–Trinajstić information content (AvgIpc) is 3.25. The highest BCUT2D eigenvalue weighted by atomic mass is 35.5. The average molecular weight is 639 g/mol. The highest BCUT2D eigenvalue weighted by molar-refractivity contribution is 6.34. The van der Waals surface area contributed by atoms with E-state index in [-0.39, 0.29) is 34.0 Å². The van der Waals surface area contributed by atoms with Crippen LogP contribution in [0.25, 0.3) is 0 Å². The smallest absolute Gasteiger partial charge is 0.338 e. The lowest BCUT2D eigenvalue weighted by Gasteiger charge is -2.29. The Morgan fingerprint density at radius 1 is 0.800 bits per heavy atom. The maximum atomic E-state index is 13.6. The molecular weight excluding hydrogens is 592 g/mol. The molecule has 0 bridgehead atoms. The van der Waals surface area contributed by atoms with Gasteiger partial charge in [-0.1, -0.05) is 122 Å². The number of amides is 3. The number of carbonyl (C=O) groups excluding carboxylic acids is 5. The molecule has 1 N–H and O–H groups in total. The minimum absolute atomic E-state index is 0.0600. The number of halogens is 1. The van der Waals surface area contributed by atoms with Crippen molar-refractivity contribution in [2.24, 2.45) is 5.41 Å². The molecule has 45 heavy (non-hydrogen) atoms. The standard InChI is InChI=1S/C36H47ClN2O6/c1-5-6-7-8-9-10-11-12-13-14-15-18-23-45-35(44)25-21-22-28(37)29(24-25)38-32(41)30(31(40)36(2,3)4)39-33(42)26-19-16-17-20-27(26)34(39)43/h16-17,19-22,24,30H,5-15,18,23H2,1-4H3,(H,38,41). The van der Waals surface area contributed by atoms with Crippen LogP contribution in [0.2, 0.25) is 5.02 Å². The molecule has 1 atom stereocenters. The summed E-state index contributed by atoms with van der Waals surface area (Å²) in [6.45, 7) is 7.33. The summed E-state index contributed by atoms with van der Waals surface area (Å²) < 4.78 is 5.45. The summed E-state index contributed by atoms with van der Waals surface area (Å²) in [5.74, 6) is -3.55. The molecule has 0 aliphatic carbocycles. The second-order valence-electron chi connectivity index (χ2n) is 12.8. The van der Waals surface area contributed by atoms with Crippen molar-refractivity contribution in [3.05, 3.63) is 64.2 Å². The van der Waals surface area contributed by atoms with Crippen LogP contribution in [0.1, 0.15) is 136 Å². The Morgan fingerprint density at radius 3 is 1.82 bits per heavy atom. The fraction of sp³-hybridized carbons (Fsp3) is 0.528. The summed E-state index contributed by atoms with van der Waals surface area (Å²) in [5.41, 5.74) is -0.575. The number of anilines is 1. The van der Waals surface area contributed by atoms with Crippen LogP contribution in [0.4, 0.5) is 5.69 Å². The molecule has 8 nitrogen and oxygen atoms in total. The fourth-order valence-electron chi connectivity index (χ4n) is 5.35. The molecule has 0 spiro atoms. The number of esters is 1. The Balaban J connectivity index is 1.55. The topological polar surface area (TPSA) is 110 Å². The molecule has 1 aliphatic rings. The number of hydrogen-bond acceptors (Lipinski definition) is 6. The number of nitrogens with one attached hydrogen (secondary N) is 1. The molecule has 9 heteroatoms. The van der Waals surface area contributed by atoms with Crippen molar-refractivity contribution in [2.75, 3.05) is 11.9 Å². The first-order chi connectivity index (χ1) is 21.5. The highest BCUT2D eigenvalue weighted by Gasteiger charge is 2.48. The molecule has 3 rings (SSSR count). The van der Waals surface area contributed by atoms with E-state index >= 15 is 0 Å². The third kappa shape index (κ3) is 9.98. The number of ketones is 1. The third-order valence-corrected chi connectivity index (χ3v) is 8.34. The zero-order valence-electron chi connectivity index (χ0n) is 27.1. The molecule has 0 saturated carbocycles. The number of rotatable bonds is 18. The van der Waals surface area contributed by atoms with Crippen molar-refractivity contribution in [3.8, 4) is 0 Å². The Labute approximate surface area is 272 Å². The van der Waals surface area contributed by atoms with Crippen LogP contribution < -0.4 is 5.32 Å². The van der Waals surface area contributed by atoms with Crippen molar-refractivity contribution in [1.82, 2.24) is 4.90 Å². The van der Waals surface area contributed by atoms with Gasteiger partial charge in [-0.05, 0) is 36.8 Å². The van der Waals surface area contributed by atoms with E-state index in [1.54, 1.807) is 32.9 Å². The van der Waals surface area contributed by atoms with Gasteiger partial charge in [0.05, 0.1) is 34.0 Å². The van der Waals surface area contributed by atoms with E-state index in [2.05, 4.69) is 12.2 Å². The molecule has 2 aromatic carbocycles. The monoisotopic (exact) mass is 638 g/mol. The zero-order valence-corrected chi connectivity index (χ0v) is 27.8. The summed E-state index contributed by atoms with van der Waals surface area (Å²) in [5, 5.41) is 2.69. The number of imide groups is 1. The summed E-state index contributed by atoms with van der Waals surface area (Å²) in [7, 11) is 0. The van der Waals surface area contributed by atoms with Gasteiger partial charge in [0, 0.05) is 5.41 Å². The van der Waals surface area contributed by atoms with Crippen molar-refractivity contribution < 1.29 is 28.7 Å². The molecule has 0 aromatic heterocycles. The number of unbranched alkanes of at least 4 members (excludes halogenated alkanes) is 11. The molecule has 2 aromatic rings. The molecule has 0 saturated heterocycles. The predicted octanol–water partition coefficient (Wildman–Crippen LogP) is 8.42. The number of carbonyl (C=O) groups is 5. The van der Waals surface area contributed by atoms with E-state index in [9.17, 15) is 24.0 Å². The first-order valence-electron chi connectivity index (χ1n) is 16.3. The van der Waals surface area contributed by atoms with Crippen molar-refractivity contribution >= 4 is 46.8 Å². The van der Waals surface area contributed by atoms with E-state index in [0.29, 0.717) is 4.90 Å². The van der Waals surface area contributed by atoms with Crippen molar-refractivity contribution in [2.45, 2.75) is 111 Å². The van der Waals surface area contributed by atoms with Gasteiger partial charge in [-0.15, -0.1) is 0 Å². The van der Waals surface area contributed by atoms with Crippen LogP contribution in [0.5, 0.6) is 0 Å². The van der Waals surface area contributed by atoms with E-state index < -0.39 is 40.9 Å². The number of hydrogen-bond donors (Lipinski definition) is 1. The zero-order chi connectivity index (χ0) is 33.0. The molecule has 1 unspecified atom stereocenters. The number of benzene rings is 2. The van der Waals surface area contributed by atoms with Crippen LogP contribution in [0, 0.1) is 5.41 Å².